The molecule has 0 aromatic heterocycles. The third kappa shape index (κ3) is 1.33. The fourth-order valence-corrected chi connectivity index (χ4v) is 4.80. The van der Waals surface area contributed by atoms with Crippen LogP contribution in [0.15, 0.2) is 36.4 Å². The average Bonchev–Trinajstić information content (AvgIpc) is 3.26. The number of hydrogen-bond acceptors (Lipinski definition) is 2. The first-order valence-corrected chi connectivity index (χ1v) is 7.48. The Kier molecular flexibility index (Phi) is 2.01. The molecule has 0 spiro atoms. The van der Waals surface area contributed by atoms with Crippen LogP contribution in [0.25, 0.3) is 0 Å². The topological polar surface area (TPSA) is 37.4 Å². The van der Waals surface area contributed by atoms with Gasteiger partial charge in [-0.2, -0.15) is 0 Å². The Morgan fingerprint density at radius 3 is 1.95 bits per heavy atom. The summed E-state index contributed by atoms with van der Waals surface area (Å²) in [5, 5.41) is 0. The summed E-state index contributed by atoms with van der Waals surface area (Å²) in [4.78, 5) is 26.8. The van der Waals surface area contributed by atoms with E-state index in [1.54, 1.807) is 0 Å². The lowest BCUT2D eigenvalue weighted by Gasteiger charge is -2.37. The second kappa shape index (κ2) is 3.62. The summed E-state index contributed by atoms with van der Waals surface area (Å²) in [6, 6.07) is 5.61. The molecule has 6 rings (SSSR count). The lowest BCUT2D eigenvalue weighted by Crippen LogP contribution is -2.40. The molecule has 0 unspecified atom stereocenters. The Hall–Kier alpha value is -1.97. The number of halogens is 1. The summed E-state index contributed by atoms with van der Waals surface area (Å²) < 4.78 is 13.1. The van der Waals surface area contributed by atoms with E-state index in [0.717, 1.165) is 6.42 Å². The predicted octanol–water partition coefficient (Wildman–Crippen LogP) is 2.38. The molecular weight excluding hydrogens is 269 g/mol. The second-order valence-corrected chi connectivity index (χ2v) is 6.64. The Morgan fingerprint density at radius 2 is 1.43 bits per heavy atom. The Balaban J connectivity index is 1.58. The van der Waals surface area contributed by atoms with E-state index in [9.17, 15) is 14.0 Å². The highest BCUT2D eigenvalue weighted by Gasteiger charge is 2.67. The van der Waals surface area contributed by atoms with Crippen molar-refractivity contribution in [2.24, 2.45) is 35.5 Å². The van der Waals surface area contributed by atoms with Crippen LogP contribution in [0, 0.1) is 41.3 Å². The Bertz CT molecular complexity index is 659. The summed E-state index contributed by atoms with van der Waals surface area (Å²) in [7, 11) is 0. The number of benzene rings is 1. The van der Waals surface area contributed by atoms with Crippen LogP contribution in [0.5, 0.6) is 0 Å². The third-order valence-electron chi connectivity index (χ3n) is 5.75. The van der Waals surface area contributed by atoms with Crippen LogP contribution in [0.2, 0.25) is 0 Å². The molecule has 1 heterocycles. The molecule has 3 fully saturated rings. The molecule has 1 aromatic carbocycles. The quantitative estimate of drug-likeness (QED) is 0.586. The fraction of sp³-hybridized carbons (Fsp3) is 0.412. The maximum atomic E-state index is 13.1. The smallest absolute Gasteiger partial charge is 0.238 e. The molecule has 21 heavy (non-hydrogen) atoms. The molecular formula is C17H14FNO2. The highest BCUT2D eigenvalue weighted by atomic mass is 19.1. The van der Waals surface area contributed by atoms with Gasteiger partial charge in [0.1, 0.15) is 5.82 Å². The minimum Gasteiger partial charge on any atom is -0.274 e. The van der Waals surface area contributed by atoms with Gasteiger partial charge in [-0.1, -0.05) is 12.2 Å². The van der Waals surface area contributed by atoms with Crippen LogP contribution in [-0.4, -0.2) is 11.8 Å². The van der Waals surface area contributed by atoms with Gasteiger partial charge in [-0.15, -0.1) is 0 Å². The molecule has 3 nitrogen and oxygen atoms in total. The van der Waals surface area contributed by atoms with Crippen molar-refractivity contribution in [2.75, 3.05) is 4.90 Å². The number of hydrogen-bond donors (Lipinski definition) is 0. The van der Waals surface area contributed by atoms with E-state index < -0.39 is 0 Å². The maximum Gasteiger partial charge on any atom is 0.238 e. The molecule has 0 N–H and O–H groups in total. The molecule has 106 valence electrons. The first kappa shape index (κ1) is 11.7. The van der Waals surface area contributed by atoms with E-state index in [4.69, 9.17) is 0 Å². The number of carbonyl (C=O) groups is 2. The van der Waals surface area contributed by atoms with E-state index in [1.165, 1.54) is 29.2 Å². The summed E-state index contributed by atoms with van der Waals surface area (Å²) in [6.07, 6.45) is 5.46. The lowest BCUT2D eigenvalue weighted by molar-refractivity contribution is -0.124. The zero-order valence-electron chi connectivity index (χ0n) is 11.3. The number of nitrogens with zero attached hydrogens (tertiary/aromatic N) is 1. The summed E-state index contributed by atoms with van der Waals surface area (Å²) in [5.41, 5.74) is 0.494. The molecule has 5 aliphatic rings. The highest BCUT2D eigenvalue weighted by Crippen LogP contribution is 2.65. The number of anilines is 1. The number of carbonyl (C=O) groups excluding carboxylic acids is 2. The van der Waals surface area contributed by atoms with E-state index in [-0.39, 0.29) is 41.3 Å². The molecule has 6 atom stereocenters. The standard InChI is InChI=1S/C17H14FNO2/c18-8-1-3-9(4-2-8)19-16(20)14-10-5-6-11(13-7-12(10)13)15(14)17(19)21/h1-6,10-15H,7H2/t10-,11-,12-,13+,14-,15-/m1/s1. The minimum atomic E-state index is -0.363. The normalized spacial score (nSPS) is 42.2. The van der Waals surface area contributed by atoms with Gasteiger partial charge in [-0.25, -0.2) is 4.39 Å². The van der Waals surface area contributed by atoms with E-state index in [1.807, 2.05) is 0 Å². The molecule has 4 heteroatoms. The van der Waals surface area contributed by atoms with Crippen molar-refractivity contribution in [3.05, 3.63) is 42.2 Å². The molecule has 1 saturated heterocycles. The van der Waals surface area contributed by atoms with Gasteiger partial charge < -0.3 is 0 Å². The number of allylic oxidation sites excluding steroid dienone is 2. The average molecular weight is 283 g/mol. The van der Waals surface area contributed by atoms with Gasteiger partial charge >= 0.3 is 0 Å². The first-order valence-electron chi connectivity index (χ1n) is 7.48. The van der Waals surface area contributed by atoms with Crippen LogP contribution < -0.4 is 4.90 Å². The summed E-state index contributed by atoms with van der Waals surface area (Å²) >= 11 is 0. The van der Waals surface area contributed by atoms with Crippen LogP contribution >= 0.6 is 0 Å². The second-order valence-electron chi connectivity index (χ2n) is 6.64. The highest BCUT2D eigenvalue weighted by molar-refractivity contribution is 6.22. The van der Waals surface area contributed by atoms with Crippen molar-refractivity contribution >= 4 is 17.5 Å². The van der Waals surface area contributed by atoms with Crippen molar-refractivity contribution in [1.82, 2.24) is 0 Å². The van der Waals surface area contributed by atoms with Gasteiger partial charge in [0.2, 0.25) is 11.8 Å². The molecule has 1 aliphatic heterocycles. The molecule has 2 amide bonds. The van der Waals surface area contributed by atoms with Crippen molar-refractivity contribution in [2.45, 2.75) is 6.42 Å². The zero-order chi connectivity index (χ0) is 14.3. The van der Waals surface area contributed by atoms with Gasteiger partial charge in [0.05, 0.1) is 17.5 Å². The summed E-state index contributed by atoms with van der Waals surface area (Å²) in [5.74, 6) is 0.722. The van der Waals surface area contributed by atoms with Crippen LogP contribution in [0.3, 0.4) is 0 Å². The Labute approximate surface area is 121 Å². The largest absolute Gasteiger partial charge is 0.274 e. The van der Waals surface area contributed by atoms with Crippen molar-refractivity contribution in [3.63, 3.8) is 0 Å². The molecule has 2 bridgehead atoms. The monoisotopic (exact) mass is 283 g/mol. The SMILES string of the molecule is O=C1[C@@H]2[C@@H]3C=C[C@H]([C@@H]4C[C@H]34)[C@H]2C(=O)N1c1ccc(F)cc1. The van der Waals surface area contributed by atoms with Crippen molar-refractivity contribution in [1.29, 1.82) is 0 Å². The number of imide groups is 1. The molecule has 0 radical (unpaired) electrons. The van der Waals surface area contributed by atoms with Gasteiger partial charge in [0, 0.05) is 0 Å². The van der Waals surface area contributed by atoms with Crippen molar-refractivity contribution in [3.8, 4) is 0 Å². The molecule has 4 aliphatic carbocycles. The third-order valence-corrected chi connectivity index (χ3v) is 5.75. The number of amides is 2. The van der Waals surface area contributed by atoms with E-state index in [0.29, 0.717) is 17.5 Å². The van der Waals surface area contributed by atoms with E-state index >= 15 is 0 Å². The maximum absolute atomic E-state index is 13.1. The summed E-state index contributed by atoms with van der Waals surface area (Å²) in [6.45, 7) is 0. The predicted molar refractivity (Wildman–Crippen MR) is 73.6 cm³/mol. The minimum absolute atomic E-state index is 0.0960. The Morgan fingerprint density at radius 1 is 0.905 bits per heavy atom. The van der Waals surface area contributed by atoms with Crippen LogP contribution in [-0.2, 0) is 9.59 Å². The molecule has 1 aromatic rings. The first-order chi connectivity index (χ1) is 10.2. The van der Waals surface area contributed by atoms with Gasteiger partial charge in [0.15, 0.2) is 0 Å². The van der Waals surface area contributed by atoms with Crippen LogP contribution in [0.1, 0.15) is 6.42 Å². The van der Waals surface area contributed by atoms with Gasteiger partial charge in [0.25, 0.3) is 0 Å². The van der Waals surface area contributed by atoms with E-state index in [2.05, 4.69) is 12.2 Å². The van der Waals surface area contributed by atoms with Gasteiger partial charge in [-0.05, 0) is 54.4 Å². The zero-order valence-corrected chi connectivity index (χ0v) is 11.3. The lowest BCUT2D eigenvalue weighted by atomic mass is 9.63. The van der Waals surface area contributed by atoms with Gasteiger partial charge in [-0.3, -0.25) is 14.5 Å². The van der Waals surface area contributed by atoms with Crippen LogP contribution in [0.4, 0.5) is 10.1 Å². The molecule has 2 saturated carbocycles. The fourth-order valence-electron chi connectivity index (χ4n) is 4.80. The number of rotatable bonds is 1. The van der Waals surface area contributed by atoms with Crippen molar-refractivity contribution < 1.29 is 14.0 Å².